The van der Waals surface area contributed by atoms with Crippen LogP contribution in [0.15, 0.2) is 46.9 Å². The zero-order valence-corrected chi connectivity index (χ0v) is 12.9. The molecule has 0 saturated carbocycles. The van der Waals surface area contributed by atoms with Gasteiger partial charge < -0.3 is 9.94 Å². The number of hydroxylamine groups is 1. The summed E-state index contributed by atoms with van der Waals surface area (Å²) in [6.45, 7) is 0.310. The van der Waals surface area contributed by atoms with Crippen LogP contribution in [0.4, 0.5) is 0 Å². The zero-order chi connectivity index (χ0) is 14.7. The van der Waals surface area contributed by atoms with E-state index in [9.17, 15) is 5.21 Å². The number of fused-ring (bicyclic) bond motifs is 1. The van der Waals surface area contributed by atoms with Crippen LogP contribution in [0.5, 0.6) is 5.75 Å². The Bertz CT molecular complexity index is 697. The summed E-state index contributed by atoms with van der Waals surface area (Å²) >= 11 is 2.75. The molecule has 1 N–H and O–H groups in total. The van der Waals surface area contributed by atoms with Gasteiger partial charge in [0.2, 0.25) is 0 Å². The van der Waals surface area contributed by atoms with Crippen molar-refractivity contribution in [2.45, 2.75) is 10.9 Å². The lowest BCUT2D eigenvalue weighted by atomic mass is 10.3. The molecular weight excluding hydrogens is 306 g/mol. The first-order valence-corrected chi connectivity index (χ1v) is 7.82. The van der Waals surface area contributed by atoms with Gasteiger partial charge in [0.25, 0.3) is 0 Å². The topological polar surface area (TPSA) is 58.5 Å². The van der Waals surface area contributed by atoms with Crippen molar-refractivity contribution in [2.24, 2.45) is 0 Å². The molecule has 0 radical (unpaired) electrons. The third-order valence-electron chi connectivity index (χ3n) is 2.79. The molecule has 0 saturated heterocycles. The molecule has 0 aliphatic rings. The minimum atomic E-state index is 0.310. The van der Waals surface area contributed by atoms with Gasteiger partial charge in [-0.3, -0.25) is 4.98 Å². The van der Waals surface area contributed by atoms with Gasteiger partial charge in [0.05, 0.1) is 35.8 Å². The van der Waals surface area contributed by atoms with Gasteiger partial charge >= 0.3 is 0 Å². The Balaban J connectivity index is 1.66. The number of aromatic nitrogens is 2. The van der Waals surface area contributed by atoms with E-state index in [1.165, 1.54) is 11.9 Å². The van der Waals surface area contributed by atoms with E-state index in [0.29, 0.717) is 12.3 Å². The number of ether oxygens (including phenoxy) is 1. The first-order chi connectivity index (χ1) is 10.2. The maximum atomic E-state index is 10.00. The number of para-hydroxylation sites is 1. The molecule has 3 aromatic rings. The van der Waals surface area contributed by atoms with Crippen molar-refractivity contribution in [3.8, 4) is 5.75 Å². The molecule has 0 unspecified atom stereocenters. The highest BCUT2D eigenvalue weighted by Gasteiger charge is 2.10. The third-order valence-corrected chi connectivity index (χ3v) is 4.68. The molecule has 1 aromatic carbocycles. The largest absolute Gasteiger partial charge is 0.495 e. The van der Waals surface area contributed by atoms with Crippen molar-refractivity contribution < 1.29 is 9.94 Å². The van der Waals surface area contributed by atoms with Gasteiger partial charge in [-0.15, -0.1) is 15.8 Å². The van der Waals surface area contributed by atoms with Crippen molar-refractivity contribution in [3.05, 3.63) is 48.3 Å². The third kappa shape index (κ3) is 3.51. The van der Waals surface area contributed by atoms with Gasteiger partial charge in [0.15, 0.2) is 4.34 Å². The van der Waals surface area contributed by atoms with Crippen molar-refractivity contribution >= 4 is 33.5 Å². The Morgan fingerprint density at radius 2 is 2.14 bits per heavy atom. The standard InChI is InChI=1S/C14H13N3O2S2/c1-19-11-7-6-10(15-8-11)9-17(18)21-14-16-12-4-2-3-5-13(12)20-14/h2-8,18H,9H2,1H3. The van der Waals surface area contributed by atoms with E-state index in [1.54, 1.807) is 24.6 Å². The van der Waals surface area contributed by atoms with E-state index in [4.69, 9.17) is 4.74 Å². The Morgan fingerprint density at radius 3 is 2.86 bits per heavy atom. The highest BCUT2D eigenvalue weighted by Crippen LogP contribution is 2.31. The van der Waals surface area contributed by atoms with Gasteiger partial charge in [-0.1, -0.05) is 12.1 Å². The second-order valence-electron chi connectivity index (χ2n) is 4.24. The monoisotopic (exact) mass is 319 g/mol. The number of benzene rings is 1. The molecule has 0 bridgehead atoms. The minimum absolute atomic E-state index is 0.310. The normalized spacial score (nSPS) is 11.2. The minimum Gasteiger partial charge on any atom is -0.495 e. The lowest BCUT2D eigenvalue weighted by molar-refractivity contribution is 0.00783. The molecule has 0 aliphatic carbocycles. The molecule has 21 heavy (non-hydrogen) atoms. The van der Waals surface area contributed by atoms with Crippen LogP contribution in [0.2, 0.25) is 0 Å². The molecule has 0 spiro atoms. The first kappa shape index (κ1) is 14.3. The molecule has 0 fully saturated rings. The summed E-state index contributed by atoms with van der Waals surface area (Å²) in [4.78, 5) is 8.68. The highest BCUT2D eigenvalue weighted by molar-refractivity contribution is 7.98. The SMILES string of the molecule is COc1ccc(CN(O)Sc2nc3ccccc3s2)nc1. The van der Waals surface area contributed by atoms with E-state index in [-0.39, 0.29) is 0 Å². The van der Waals surface area contributed by atoms with Gasteiger partial charge in [-0.25, -0.2) is 4.98 Å². The Kier molecular flexibility index (Phi) is 4.35. The summed E-state index contributed by atoms with van der Waals surface area (Å²) in [5.74, 6) is 0.696. The van der Waals surface area contributed by atoms with Crippen molar-refractivity contribution in [3.63, 3.8) is 0 Å². The molecule has 7 heteroatoms. The molecule has 0 amide bonds. The maximum absolute atomic E-state index is 10.00. The summed E-state index contributed by atoms with van der Waals surface area (Å²) in [7, 11) is 1.60. The number of hydrogen-bond donors (Lipinski definition) is 1. The lowest BCUT2D eigenvalue weighted by Crippen LogP contribution is -2.10. The van der Waals surface area contributed by atoms with Gasteiger partial charge in [-0.05, 0) is 24.3 Å². The smallest absolute Gasteiger partial charge is 0.168 e. The fourth-order valence-corrected chi connectivity index (χ4v) is 3.67. The number of hydrogen-bond acceptors (Lipinski definition) is 7. The molecule has 5 nitrogen and oxygen atoms in total. The number of thiazole rings is 1. The number of nitrogens with zero attached hydrogens (tertiary/aromatic N) is 3. The van der Waals surface area contributed by atoms with Gasteiger partial charge in [0.1, 0.15) is 5.75 Å². The van der Waals surface area contributed by atoms with Crippen LogP contribution in [-0.4, -0.2) is 26.8 Å². The predicted molar refractivity (Wildman–Crippen MR) is 83.6 cm³/mol. The Labute approximate surface area is 130 Å². The highest BCUT2D eigenvalue weighted by atomic mass is 32.2. The zero-order valence-electron chi connectivity index (χ0n) is 11.3. The average molecular weight is 319 g/mol. The van der Waals surface area contributed by atoms with Crippen molar-refractivity contribution in [1.29, 1.82) is 0 Å². The molecule has 0 atom stereocenters. The van der Waals surface area contributed by atoms with Crippen LogP contribution in [0.25, 0.3) is 10.2 Å². The van der Waals surface area contributed by atoms with Gasteiger partial charge in [-0.2, -0.15) is 0 Å². The fourth-order valence-electron chi connectivity index (χ4n) is 1.78. The van der Waals surface area contributed by atoms with E-state index in [2.05, 4.69) is 9.97 Å². The van der Waals surface area contributed by atoms with E-state index >= 15 is 0 Å². The number of pyridine rings is 1. The van der Waals surface area contributed by atoms with Crippen LogP contribution in [0, 0.1) is 0 Å². The summed E-state index contributed by atoms with van der Waals surface area (Å²) < 4.78 is 8.09. The van der Waals surface area contributed by atoms with Crippen LogP contribution in [0.1, 0.15) is 5.69 Å². The Hall–Kier alpha value is -1.67. The molecular formula is C14H13N3O2S2. The molecule has 2 aromatic heterocycles. The second-order valence-corrected chi connectivity index (χ2v) is 6.52. The quantitative estimate of drug-likeness (QED) is 0.573. The van der Waals surface area contributed by atoms with Crippen molar-refractivity contribution in [2.75, 3.05) is 7.11 Å². The van der Waals surface area contributed by atoms with Crippen LogP contribution < -0.4 is 4.74 Å². The van der Waals surface area contributed by atoms with Crippen molar-refractivity contribution in [1.82, 2.24) is 14.4 Å². The first-order valence-electron chi connectivity index (χ1n) is 6.23. The van der Waals surface area contributed by atoms with Crippen LogP contribution in [-0.2, 0) is 6.54 Å². The summed E-state index contributed by atoms with van der Waals surface area (Å²) in [6.07, 6.45) is 1.63. The molecule has 108 valence electrons. The number of rotatable bonds is 5. The maximum Gasteiger partial charge on any atom is 0.168 e. The summed E-state index contributed by atoms with van der Waals surface area (Å²) in [5.41, 5.74) is 1.70. The molecule has 3 rings (SSSR count). The number of methoxy groups -OCH3 is 1. The average Bonchev–Trinajstić information content (AvgIpc) is 2.90. The molecule has 0 aliphatic heterocycles. The van der Waals surface area contributed by atoms with Crippen LogP contribution >= 0.6 is 23.3 Å². The predicted octanol–water partition coefficient (Wildman–Crippen LogP) is 3.60. The Morgan fingerprint density at radius 1 is 1.29 bits per heavy atom. The molecule has 2 heterocycles. The summed E-state index contributed by atoms with van der Waals surface area (Å²) in [5, 5.41) is 10.00. The fraction of sp³-hybridized carbons (Fsp3) is 0.143. The lowest BCUT2D eigenvalue weighted by Gasteiger charge is -2.11. The second kappa shape index (κ2) is 6.40. The van der Waals surface area contributed by atoms with E-state index in [0.717, 1.165) is 24.7 Å². The summed E-state index contributed by atoms with van der Waals surface area (Å²) in [6, 6.07) is 11.5. The van der Waals surface area contributed by atoms with E-state index in [1.807, 2.05) is 36.4 Å². The van der Waals surface area contributed by atoms with Crippen LogP contribution in [0.3, 0.4) is 0 Å². The van der Waals surface area contributed by atoms with Gasteiger partial charge in [0, 0.05) is 11.9 Å². The van der Waals surface area contributed by atoms with E-state index < -0.39 is 0 Å².